The van der Waals surface area contributed by atoms with Gasteiger partial charge in [0.05, 0.1) is 12.2 Å². The Balaban J connectivity index is 1.64. The standard InChI is InChI=1S/C27H28F3N3O5/c1-16-2-3-20(32-26(36)24-12-19(4-7-31-24)27(28,29)30)13-22(16)18-10-23(17-5-8-37-9-6-17)33-25(11-18)38-15-21(35)14-34/h2-4,7,10-13,17,21,34-35H,5-6,8-9,14-15H2,1H3,(H,32,36)/t21-/m0/s1. The van der Waals surface area contributed by atoms with Crippen LogP contribution in [0, 0.1) is 6.92 Å². The number of carbonyl (C=O) groups is 1. The van der Waals surface area contributed by atoms with Gasteiger partial charge in [-0.05, 0) is 66.8 Å². The number of nitrogens with one attached hydrogen (secondary N) is 1. The summed E-state index contributed by atoms with van der Waals surface area (Å²) in [5, 5.41) is 21.5. The van der Waals surface area contributed by atoms with Crippen LogP contribution in [0.15, 0.2) is 48.7 Å². The van der Waals surface area contributed by atoms with Gasteiger partial charge in [0.15, 0.2) is 0 Å². The molecule has 1 amide bonds. The third-order valence-corrected chi connectivity index (χ3v) is 6.22. The molecule has 0 unspecified atom stereocenters. The Morgan fingerprint density at radius 1 is 1.18 bits per heavy atom. The van der Waals surface area contributed by atoms with Crippen molar-refractivity contribution in [2.45, 2.75) is 38.0 Å². The molecule has 0 bridgehead atoms. The highest BCUT2D eigenvalue weighted by Crippen LogP contribution is 2.34. The lowest BCUT2D eigenvalue weighted by Crippen LogP contribution is -2.22. The summed E-state index contributed by atoms with van der Waals surface area (Å²) in [4.78, 5) is 21.1. The second-order valence-corrected chi connectivity index (χ2v) is 9.06. The van der Waals surface area contributed by atoms with Crippen molar-refractivity contribution in [3.05, 3.63) is 71.2 Å². The van der Waals surface area contributed by atoms with E-state index in [9.17, 15) is 23.1 Å². The Bertz CT molecular complexity index is 1280. The highest BCUT2D eigenvalue weighted by atomic mass is 19.4. The lowest BCUT2D eigenvalue weighted by atomic mass is 9.92. The summed E-state index contributed by atoms with van der Waals surface area (Å²) in [5.41, 5.74) is 2.23. The van der Waals surface area contributed by atoms with Crippen molar-refractivity contribution < 1.29 is 37.7 Å². The van der Waals surface area contributed by atoms with Crippen LogP contribution >= 0.6 is 0 Å². The largest absolute Gasteiger partial charge is 0.475 e. The van der Waals surface area contributed by atoms with Crippen molar-refractivity contribution >= 4 is 11.6 Å². The number of ether oxygens (including phenoxy) is 2. The van der Waals surface area contributed by atoms with E-state index in [-0.39, 0.29) is 24.1 Å². The van der Waals surface area contributed by atoms with Crippen LogP contribution in [-0.2, 0) is 10.9 Å². The Morgan fingerprint density at radius 2 is 1.95 bits per heavy atom. The lowest BCUT2D eigenvalue weighted by Gasteiger charge is -2.23. The molecule has 0 spiro atoms. The zero-order valence-electron chi connectivity index (χ0n) is 20.7. The molecule has 1 aliphatic heterocycles. The Hall–Kier alpha value is -3.54. The van der Waals surface area contributed by atoms with Crippen LogP contribution < -0.4 is 10.1 Å². The number of aromatic nitrogens is 2. The van der Waals surface area contributed by atoms with Crippen molar-refractivity contribution in [3.63, 3.8) is 0 Å². The minimum atomic E-state index is -4.59. The second kappa shape index (κ2) is 11.9. The summed E-state index contributed by atoms with van der Waals surface area (Å²) >= 11 is 0. The van der Waals surface area contributed by atoms with Gasteiger partial charge in [-0.1, -0.05) is 6.07 Å². The number of aryl methyl sites for hydroxylation is 1. The first-order valence-corrected chi connectivity index (χ1v) is 12.1. The first-order chi connectivity index (χ1) is 18.1. The smallest absolute Gasteiger partial charge is 0.416 e. The van der Waals surface area contributed by atoms with Crippen molar-refractivity contribution in [1.29, 1.82) is 0 Å². The van der Waals surface area contributed by atoms with Crippen LogP contribution in [0.25, 0.3) is 11.1 Å². The van der Waals surface area contributed by atoms with Gasteiger partial charge in [0.25, 0.3) is 5.91 Å². The number of hydrogen-bond acceptors (Lipinski definition) is 7. The molecule has 0 radical (unpaired) electrons. The van der Waals surface area contributed by atoms with E-state index in [1.165, 1.54) is 0 Å². The SMILES string of the molecule is Cc1ccc(NC(=O)c2cc(C(F)(F)F)ccn2)cc1-c1cc(OC[C@@H](O)CO)nc(C2CCOCC2)c1. The number of amides is 1. The maximum atomic E-state index is 13.1. The zero-order valence-corrected chi connectivity index (χ0v) is 20.7. The molecule has 0 aliphatic carbocycles. The molecule has 1 fully saturated rings. The molecular formula is C27H28F3N3O5. The summed E-state index contributed by atoms with van der Waals surface area (Å²) in [5.74, 6) is -0.354. The summed E-state index contributed by atoms with van der Waals surface area (Å²) < 4.78 is 50.3. The van der Waals surface area contributed by atoms with Gasteiger partial charge >= 0.3 is 6.18 Å². The molecular weight excluding hydrogens is 503 g/mol. The van der Waals surface area contributed by atoms with Gasteiger partial charge < -0.3 is 25.0 Å². The predicted molar refractivity (Wildman–Crippen MR) is 133 cm³/mol. The third kappa shape index (κ3) is 6.85. The maximum Gasteiger partial charge on any atom is 0.416 e. The molecule has 4 rings (SSSR count). The number of rotatable bonds is 8. The second-order valence-electron chi connectivity index (χ2n) is 9.06. The third-order valence-electron chi connectivity index (χ3n) is 6.22. The van der Waals surface area contributed by atoms with Crippen molar-refractivity contribution in [1.82, 2.24) is 9.97 Å². The van der Waals surface area contributed by atoms with E-state index in [2.05, 4.69) is 15.3 Å². The van der Waals surface area contributed by atoms with E-state index in [0.29, 0.717) is 25.0 Å². The molecule has 3 heterocycles. The zero-order chi connectivity index (χ0) is 27.3. The molecule has 1 aliphatic rings. The average Bonchev–Trinajstić information content (AvgIpc) is 2.92. The number of pyridine rings is 2. The summed E-state index contributed by atoms with van der Waals surface area (Å²) in [6, 6.07) is 10.3. The molecule has 202 valence electrons. The van der Waals surface area contributed by atoms with Gasteiger partial charge in [0.1, 0.15) is 18.4 Å². The van der Waals surface area contributed by atoms with Crippen LogP contribution in [0.4, 0.5) is 18.9 Å². The maximum absolute atomic E-state index is 13.1. The average molecular weight is 532 g/mol. The van der Waals surface area contributed by atoms with Gasteiger partial charge in [0.2, 0.25) is 5.88 Å². The van der Waals surface area contributed by atoms with Crippen molar-refractivity contribution in [3.8, 4) is 17.0 Å². The topological polar surface area (TPSA) is 114 Å². The molecule has 1 saturated heterocycles. The van der Waals surface area contributed by atoms with Gasteiger partial charge in [-0.15, -0.1) is 0 Å². The number of halogens is 3. The molecule has 11 heteroatoms. The molecule has 38 heavy (non-hydrogen) atoms. The summed E-state index contributed by atoms with van der Waals surface area (Å²) in [7, 11) is 0. The van der Waals surface area contributed by atoms with Crippen LogP contribution in [0.1, 0.15) is 46.1 Å². The van der Waals surface area contributed by atoms with Crippen LogP contribution in [0.2, 0.25) is 0 Å². The molecule has 0 saturated carbocycles. The Morgan fingerprint density at radius 3 is 2.66 bits per heavy atom. The van der Waals surface area contributed by atoms with E-state index in [1.54, 1.807) is 24.3 Å². The van der Waals surface area contributed by atoms with Crippen molar-refractivity contribution in [2.24, 2.45) is 0 Å². The van der Waals surface area contributed by atoms with Crippen LogP contribution in [0.5, 0.6) is 5.88 Å². The molecule has 8 nitrogen and oxygen atoms in total. The highest BCUT2D eigenvalue weighted by molar-refractivity contribution is 6.03. The molecule has 1 atom stereocenters. The molecule has 3 aromatic rings. The number of aliphatic hydroxyl groups excluding tert-OH is 2. The predicted octanol–water partition coefficient (Wildman–Crippen LogP) is 4.35. The minimum absolute atomic E-state index is 0.140. The number of hydrogen-bond donors (Lipinski definition) is 3. The van der Waals surface area contributed by atoms with Gasteiger partial charge in [0, 0.05) is 42.8 Å². The quantitative estimate of drug-likeness (QED) is 0.396. The molecule has 2 aromatic heterocycles. The normalized spacial score (nSPS) is 15.2. The van der Waals surface area contributed by atoms with Gasteiger partial charge in [-0.3, -0.25) is 9.78 Å². The Kier molecular flexibility index (Phi) is 8.60. The van der Waals surface area contributed by atoms with E-state index >= 15 is 0 Å². The number of benzene rings is 1. The fourth-order valence-electron chi connectivity index (χ4n) is 4.13. The highest BCUT2D eigenvalue weighted by Gasteiger charge is 2.31. The molecule has 1 aromatic carbocycles. The first kappa shape index (κ1) is 27.5. The van der Waals surface area contributed by atoms with E-state index in [4.69, 9.17) is 14.6 Å². The Labute approximate surface area is 217 Å². The number of aliphatic hydroxyl groups is 2. The van der Waals surface area contributed by atoms with Gasteiger partial charge in [-0.2, -0.15) is 13.2 Å². The number of nitrogens with zero attached hydrogens (tertiary/aromatic N) is 2. The van der Waals surface area contributed by atoms with Gasteiger partial charge in [-0.25, -0.2) is 4.98 Å². The first-order valence-electron chi connectivity index (χ1n) is 12.1. The fraction of sp³-hybridized carbons (Fsp3) is 0.370. The van der Waals surface area contributed by atoms with Crippen LogP contribution in [0.3, 0.4) is 0 Å². The number of alkyl halides is 3. The van der Waals surface area contributed by atoms with E-state index in [1.807, 2.05) is 13.0 Å². The minimum Gasteiger partial charge on any atom is -0.475 e. The summed E-state index contributed by atoms with van der Waals surface area (Å²) in [6.45, 7) is 2.52. The van der Waals surface area contributed by atoms with E-state index < -0.39 is 30.4 Å². The lowest BCUT2D eigenvalue weighted by molar-refractivity contribution is -0.137. The number of carbonyl (C=O) groups excluding carboxylic acids is 1. The monoisotopic (exact) mass is 531 g/mol. The molecule has 3 N–H and O–H groups in total. The summed E-state index contributed by atoms with van der Waals surface area (Å²) in [6.07, 6.45) is -3.13. The number of anilines is 1. The van der Waals surface area contributed by atoms with Crippen LogP contribution in [-0.4, -0.2) is 58.6 Å². The fourth-order valence-corrected chi connectivity index (χ4v) is 4.13. The van der Waals surface area contributed by atoms with Crippen molar-refractivity contribution in [2.75, 3.05) is 31.7 Å². The van der Waals surface area contributed by atoms with E-state index in [0.717, 1.165) is 47.5 Å².